The highest BCUT2D eigenvalue weighted by molar-refractivity contribution is 7.16. The third-order valence-electron chi connectivity index (χ3n) is 2.80. The molecule has 0 aliphatic heterocycles. The Labute approximate surface area is 132 Å². The van der Waals surface area contributed by atoms with Crippen LogP contribution in [0.2, 0.25) is 4.34 Å². The zero-order valence-corrected chi connectivity index (χ0v) is 13.1. The fraction of sp³-hybridized carbons (Fsp3) is 0.267. The second kappa shape index (κ2) is 7.45. The monoisotopic (exact) mass is 325 g/mol. The molecule has 2 rings (SSSR count). The summed E-state index contributed by atoms with van der Waals surface area (Å²) in [6.45, 7) is 2.05. The molecule has 2 aromatic rings. The molecule has 112 valence electrons. The van der Waals surface area contributed by atoms with Gasteiger partial charge in [0, 0.05) is 4.88 Å². The lowest BCUT2D eigenvalue weighted by atomic mass is 10.1. The Kier molecular flexibility index (Phi) is 5.61. The first-order valence-electron chi connectivity index (χ1n) is 6.46. The van der Waals surface area contributed by atoms with Gasteiger partial charge in [-0.15, -0.1) is 11.3 Å². The van der Waals surface area contributed by atoms with E-state index in [1.165, 1.54) is 11.3 Å². The highest BCUT2D eigenvalue weighted by Crippen LogP contribution is 2.21. The number of rotatable bonds is 6. The van der Waals surface area contributed by atoms with Gasteiger partial charge >= 0.3 is 0 Å². The molecule has 1 unspecified atom stereocenters. The standard InChI is InChI=1S/C15H16ClNO3S/c1-10(18)11-3-2-4-12(7-11)20-9-15(19)17-8-13-5-6-14(16)21-13/h2-7,10,18H,8-9H2,1H3,(H,17,19). The van der Waals surface area contributed by atoms with Gasteiger partial charge in [0.1, 0.15) is 5.75 Å². The van der Waals surface area contributed by atoms with Crippen LogP contribution in [-0.2, 0) is 11.3 Å². The summed E-state index contributed by atoms with van der Waals surface area (Å²) in [4.78, 5) is 12.7. The molecule has 0 spiro atoms. The fourth-order valence-electron chi connectivity index (χ4n) is 1.70. The van der Waals surface area contributed by atoms with Crippen LogP contribution in [0.15, 0.2) is 36.4 Å². The molecule has 0 saturated carbocycles. The quantitative estimate of drug-likeness (QED) is 0.857. The van der Waals surface area contributed by atoms with Crippen molar-refractivity contribution in [3.05, 3.63) is 51.2 Å². The number of carbonyl (C=O) groups is 1. The predicted molar refractivity (Wildman–Crippen MR) is 83.7 cm³/mol. The smallest absolute Gasteiger partial charge is 0.258 e. The molecule has 1 aromatic heterocycles. The molecule has 1 heterocycles. The summed E-state index contributed by atoms with van der Waals surface area (Å²) in [6, 6.07) is 10.7. The van der Waals surface area contributed by atoms with Gasteiger partial charge in [0.15, 0.2) is 6.61 Å². The van der Waals surface area contributed by atoms with E-state index >= 15 is 0 Å². The summed E-state index contributed by atoms with van der Waals surface area (Å²) in [7, 11) is 0. The fourth-order valence-corrected chi connectivity index (χ4v) is 2.72. The van der Waals surface area contributed by atoms with Gasteiger partial charge in [0.2, 0.25) is 0 Å². The van der Waals surface area contributed by atoms with Crippen LogP contribution in [0.1, 0.15) is 23.5 Å². The molecule has 2 N–H and O–H groups in total. The number of amides is 1. The number of benzene rings is 1. The first-order valence-corrected chi connectivity index (χ1v) is 7.66. The number of aliphatic hydroxyl groups is 1. The number of aliphatic hydroxyl groups excluding tert-OH is 1. The number of thiophene rings is 1. The third kappa shape index (κ3) is 5.04. The van der Waals surface area contributed by atoms with Gasteiger partial charge < -0.3 is 15.2 Å². The lowest BCUT2D eigenvalue weighted by molar-refractivity contribution is -0.123. The lowest BCUT2D eigenvalue weighted by Crippen LogP contribution is -2.28. The average molecular weight is 326 g/mol. The number of hydrogen-bond donors (Lipinski definition) is 2. The van der Waals surface area contributed by atoms with Crippen molar-refractivity contribution in [1.29, 1.82) is 0 Å². The molecule has 1 aromatic carbocycles. The van der Waals surface area contributed by atoms with E-state index in [-0.39, 0.29) is 12.5 Å². The molecule has 0 bridgehead atoms. The summed E-state index contributed by atoms with van der Waals surface area (Å²) in [5.74, 6) is 0.352. The second-order valence-electron chi connectivity index (χ2n) is 4.52. The number of hydrogen-bond acceptors (Lipinski definition) is 4. The molecule has 1 atom stereocenters. The highest BCUT2D eigenvalue weighted by atomic mass is 35.5. The summed E-state index contributed by atoms with van der Waals surface area (Å²) < 4.78 is 6.11. The van der Waals surface area contributed by atoms with Crippen LogP contribution in [-0.4, -0.2) is 17.6 Å². The van der Waals surface area contributed by atoms with Gasteiger partial charge in [-0.3, -0.25) is 4.79 Å². The summed E-state index contributed by atoms with van der Waals surface area (Å²) in [6.07, 6.45) is -0.564. The molecular formula is C15H16ClNO3S. The molecule has 0 aliphatic rings. The van der Waals surface area contributed by atoms with E-state index in [4.69, 9.17) is 16.3 Å². The van der Waals surface area contributed by atoms with E-state index in [9.17, 15) is 9.90 Å². The Morgan fingerprint density at radius 3 is 2.90 bits per heavy atom. The maximum absolute atomic E-state index is 11.7. The van der Waals surface area contributed by atoms with Gasteiger partial charge in [-0.25, -0.2) is 0 Å². The summed E-state index contributed by atoms with van der Waals surface area (Å²) in [5.41, 5.74) is 0.751. The third-order valence-corrected chi connectivity index (χ3v) is 4.03. The van der Waals surface area contributed by atoms with Crippen molar-refractivity contribution in [1.82, 2.24) is 5.32 Å². The van der Waals surface area contributed by atoms with Crippen molar-refractivity contribution >= 4 is 28.8 Å². The minimum absolute atomic E-state index is 0.0671. The SMILES string of the molecule is CC(O)c1cccc(OCC(=O)NCc2ccc(Cl)s2)c1. The van der Waals surface area contributed by atoms with Crippen LogP contribution in [0.4, 0.5) is 0 Å². The zero-order valence-electron chi connectivity index (χ0n) is 11.5. The second-order valence-corrected chi connectivity index (χ2v) is 6.32. The maximum Gasteiger partial charge on any atom is 0.258 e. The van der Waals surface area contributed by atoms with Crippen molar-refractivity contribution in [2.75, 3.05) is 6.61 Å². The molecule has 0 saturated heterocycles. The van der Waals surface area contributed by atoms with Crippen LogP contribution < -0.4 is 10.1 Å². The zero-order chi connectivity index (χ0) is 15.2. The van der Waals surface area contributed by atoms with E-state index in [1.807, 2.05) is 6.07 Å². The topological polar surface area (TPSA) is 58.6 Å². The van der Waals surface area contributed by atoms with E-state index < -0.39 is 6.10 Å². The Hall–Kier alpha value is -1.56. The number of ether oxygens (including phenoxy) is 1. The Morgan fingerprint density at radius 1 is 1.43 bits per heavy atom. The lowest BCUT2D eigenvalue weighted by Gasteiger charge is -2.09. The minimum Gasteiger partial charge on any atom is -0.484 e. The van der Waals surface area contributed by atoms with Crippen LogP contribution >= 0.6 is 22.9 Å². The Balaban J connectivity index is 1.79. The van der Waals surface area contributed by atoms with Crippen molar-refractivity contribution in [3.8, 4) is 5.75 Å². The first-order chi connectivity index (χ1) is 10.0. The van der Waals surface area contributed by atoms with E-state index in [2.05, 4.69) is 5.32 Å². The number of carbonyl (C=O) groups excluding carboxylic acids is 1. The number of halogens is 1. The molecule has 0 aliphatic carbocycles. The van der Waals surface area contributed by atoms with Crippen LogP contribution in [0.25, 0.3) is 0 Å². The van der Waals surface area contributed by atoms with Crippen molar-refractivity contribution in [2.45, 2.75) is 19.6 Å². The summed E-state index contributed by atoms with van der Waals surface area (Å²) in [5, 5.41) is 12.3. The molecule has 21 heavy (non-hydrogen) atoms. The Bertz CT molecular complexity index is 612. The van der Waals surface area contributed by atoms with Crippen molar-refractivity contribution in [2.24, 2.45) is 0 Å². The molecule has 0 radical (unpaired) electrons. The largest absolute Gasteiger partial charge is 0.484 e. The minimum atomic E-state index is -0.564. The average Bonchev–Trinajstić information content (AvgIpc) is 2.89. The van der Waals surface area contributed by atoms with E-state index in [1.54, 1.807) is 37.3 Å². The maximum atomic E-state index is 11.7. The number of nitrogens with one attached hydrogen (secondary N) is 1. The van der Waals surface area contributed by atoms with Gasteiger partial charge in [-0.05, 0) is 36.8 Å². The van der Waals surface area contributed by atoms with E-state index in [0.717, 1.165) is 10.4 Å². The normalized spacial score (nSPS) is 12.0. The van der Waals surface area contributed by atoms with Gasteiger partial charge in [-0.2, -0.15) is 0 Å². The predicted octanol–water partition coefficient (Wildman–Crippen LogP) is 3.15. The van der Waals surface area contributed by atoms with Gasteiger partial charge in [0.25, 0.3) is 5.91 Å². The molecular weight excluding hydrogens is 310 g/mol. The van der Waals surface area contributed by atoms with Crippen LogP contribution in [0.5, 0.6) is 5.75 Å². The van der Waals surface area contributed by atoms with Gasteiger partial charge in [0.05, 0.1) is 17.0 Å². The van der Waals surface area contributed by atoms with E-state index in [0.29, 0.717) is 16.6 Å². The summed E-state index contributed by atoms with van der Waals surface area (Å²) >= 11 is 7.25. The van der Waals surface area contributed by atoms with Crippen LogP contribution in [0, 0.1) is 0 Å². The molecule has 0 fully saturated rings. The molecule has 4 nitrogen and oxygen atoms in total. The Morgan fingerprint density at radius 2 is 2.24 bits per heavy atom. The first kappa shape index (κ1) is 15.8. The van der Waals surface area contributed by atoms with Gasteiger partial charge in [-0.1, -0.05) is 23.7 Å². The molecule has 6 heteroatoms. The van der Waals surface area contributed by atoms with Crippen LogP contribution in [0.3, 0.4) is 0 Å². The van der Waals surface area contributed by atoms with Crippen molar-refractivity contribution < 1.29 is 14.6 Å². The molecule has 1 amide bonds. The van der Waals surface area contributed by atoms with Crippen molar-refractivity contribution in [3.63, 3.8) is 0 Å². The highest BCUT2D eigenvalue weighted by Gasteiger charge is 2.06.